The highest BCUT2D eigenvalue weighted by Gasteiger charge is 2.30. The number of rotatable bonds is 4. The summed E-state index contributed by atoms with van der Waals surface area (Å²) in [5, 5.41) is 0. The molecule has 2 aromatic rings. The van der Waals surface area contributed by atoms with Crippen LogP contribution in [-0.2, 0) is 12.4 Å². The van der Waals surface area contributed by atoms with Crippen molar-refractivity contribution in [3.63, 3.8) is 0 Å². The molecule has 1 aliphatic carbocycles. The third kappa shape index (κ3) is 2.28. The summed E-state index contributed by atoms with van der Waals surface area (Å²) < 4.78 is 7.70. The van der Waals surface area contributed by atoms with Crippen molar-refractivity contribution in [2.24, 2.45) is 5.41 Å². The number of para-hydroxylation sites is 1. The topological polar surface area (TPSA) is 27.1 Å². The Morgan fingerprint density at radius 2 is 2.10 bits per heavy atom. The normalized spacial score (nSPS) is 17.8. The average Bonchev–Trinajstić information content (AvgIpc) is 3.03. The summed E-state index contributed by atoms with van der Waals surface area (Å²) in [5.74, 6) is 2.21. The Morgan fingerprint density at radius 3 is 2.75 bits per heavy atom. The number of nitrogens with zero attached hydrogens (tertiary/aromatic N) is 2. The molecule has 3 rings (SSSR count). The van der Waals surface area contributed by atoms with E-state index in [2.05, 4.69) is 22.5 Å². The van der Waals surface area contributed by atoms with Crippen LogP contribution in [0.1, 0.15) is 38.4 Å². The third-order valence-corrected chi connectivity index (χ3v) is 4.75. The van der Waals surface area contributed by atoms with Crippen LogP contribution >= 0.6 is 11.6 Å². The maximum Gasteiger partial charge on any atom is 0.146 e. The van der Waals surface area contributed by atoms with Crippen molar-refractivity contribution in [2.75, 3.05) is 7.11 Å². The highest BCUT2D eigenvalue weighted by Crippen LogP contribution is 2.40. The van der Waals surface area contributed by atoms with E-state index < -0.39 is 0 Å². The second-order valence-corrected chi connectivity index (χ2v) is 6.36. The van der Waals surface area contributed by atoms with Crippen LogP contribution in [0.4, 0.5) is 0 Å². The van der Waals surface area contributed by atoms with Gasteiger partial charge < -0.3 is 9.30 Å². The highest BCUT2D eigenvalue weighted by molar-refractivity contribution is 6.16. The van der Waals surface area contributed by atoms with Crippen LogP contribution in [-0.4, -0.2) is 16.7 Å². The van der Waals surface area contributed by atoms with Crippen LogP contribution in [0.3, 0.4) is 0 Å². The smallest absolute Gasteiger partial charge is 0.146 e. The molecule has 1 aromatic carbocycles. The number of fused-ring (bicyclic) bond motifs is 1. The molecule has 1 aliphatic rings. The monoisotopic (exact) mass is 292 g/mol. The maximum atomic E-state index is 6.11. The lowest BCUT2D eigenvalue weighted by Crippen LogP contribution is -2.20. The average molecular weight is 293 g/mol. The van der Waals surface area contributed by atoms with Gasteiger partial charge in [-0.1, -0.05) is 25.8 Å². The van der Waals surface area contributed by atoms with E-state index in [1.807, 2.05) is 12.1 Å². The molecule has 20 heavy (non-hydrogen) atoms. The minimum absolute atomic E-state index is 0.373. The Kier molecular flexibility index (Phi) is 3.63. The fourth-order valence-electron chi connectivity index (χ4n) is 3.38. The zero-order valence-corrected chi connectivity index (χ0v) is 12.9. The van der Waals surface area contributed by atoms with Gasteiger partial charge in [-0.05, 0) is 30.4 Å². The molecule has 0 atom stereocenters. The summed E-state index contributed by atoms with van der Waals surface area (Å²) in [6.45, 7) is 3.38. The maximum absolute atomic E-state index is 6.11. The first-order valence-electron chi connectivity index (χ1n) is 7.25. The van der Waals surface area contributed by atoms with Crippen molar-refractivity contribution in [1.29, 1.82) is 0 Å². The van der Waals surface area contributed by atoms with Crippen molar-refractivity contribution < 1.29 is 4.74 Å². The van der Waals surface area contributed by atoms with E-state index in [1.165, 1.54) is 25.7 Å². The molecule has 1 aromatic heterocycles. The predicted molar refractivity (Wildman–Crippen MR) is 82.4 cm³/mol. The van der Waals surface area contributed by atoms with Gasteiger partial charge in [0.05, 0.1) is 18.5 Å². The van der Waals surface area contributed by atoms with Crippen molar-refractivity contribution in [2.45, 2.75) is 45.0 Å². The number of hydrogen-bond donors (Lipinski definition) is 0. The van der Waals surface area contributed by atoms with E-state index in [1.54, 1.807) is 7.11 Å². The summed E-state index contributed by atoms with van der Waals surface area (Å²) in [5.41, 5.74) is 2.43. The van der Waals surface area contributed by atoms with Crippen molar-refractivity contribution >= 4 is 22.6 Å². The summed E-state index contributed by atoms with van der Waals surface area (Å²) >= 11 is 6.11. The molecule has 1 heterocycles. The Labute approximate surface area is 124 Å². The van der Waals surface area contributed by atoms with Gasteiger partial charge in [0, 0.05) is 6.54 Å². The molecule has 0 unspecified atom stereocenters. The minimum atomic E-state index is 0.373. The molecule has 0 N–H and O–H groups in total. The lowest BCUT2D eigenvalue weighted by molar-refractivity contribution is 0.282. The second kappa shape index (κ2) is 5.28. The molecule has 0 saturated heterocycles. The molecule has 0 bridgehead atoms. The Hall–Kier alpha value is -1.22. The van der Waals surface area contributed by atoms with E-state index in [9.17, 15) is 0 Å². The van der Waals surface area contributed by atoms with E-state index in [0.29, 0.717) is 11.3 Å². The number of alkyl halides is 1. The minimum Gasteiger partial charge on any atom is -0.494 e. The van der Waals surface area contributed by atoms with Gasteiger partial charge >= 0.3 is 0 Å². The zero-order chi connectivity index (χ0) is 14.2. The number of methoxy groups -OCH3 is 1. The van der Waals surface area contributed by atoms with Gasteiger partial charge in [0.15, 0.2) is 0 Å². The molecule has 0 radical (unpaired) electrons. The summed E-state index contributed by atoms with van der Waals surface area (Å²) in [4.78, 5) is 4.68. The summed E-state index contributed by atoms with van der Waals surface area (Å²) in [6, 6.07) is 6.09. The molecule has 1 fully saturated rings. The number of benzene rings is 1. The van der Waals surface area contributed by atoms with Gasteiger partial charge in [-0.15, -0.1) is 11.6 Å². The number of hydrogen-bond acceptors (Lipinski definition) is 2. The van der Waals surface area contributed by atoms with E-state index in [4.69, 9.17) is 16.3 Å². The fourth-order valence-corrected chi connectivity index (χ4v) is 3.58. The van der Waals surface area contributed by atoms with Crippen molar-refractivity contribution in [3.8, 4) is 5.75 Å². The first-order valence-corrected chi connectivity index (χ1v) is 7.78. The number of imidazole rings is 1. The quantitative estimate of drug-likeness (QED) is 0.783. The predicted octanol–water partition coefficient (Wildman–Crippen LogP) is 4.36. The lowest BCUT2D eigenvalue weighted by atomic mass is 9.89. The molecular formula is C16H21ClN2O. The number of ether oxygens (including phenoxy) is 1. The standard InChI is InChI=1S/C16H21ClN2O/c1-16(8-3-4-9-16)11-19-12-6-5-7-13(20-2)15(12)18-14(19)10-17/h5-7H,3-4,8-11H2,1-2H3. The lowest BCUT2D eigenvalue weighted by Gasteiger charge is -2.25. The van der Waals surface area contributed by atoms with E-state index >= 15 is 0 Å². The molecule has 108 valence electrons. The van der Waals surface area contributed by atoms with E-state index in [0.717, 1.165) is 29.2 Å². The number of halogens is 1. The Bertz CT molecular complexity index is 614. The van der Waals surface area contributed by atoms with Crippen LogP contribution in [0, 0.1) is 5.41 Å². The van der Waals surface area contributed by atoms with Crippen LogP contribution in [0.5, 0.6) is 5.75 Å². The first-order chi connectivity index (χ1) is 9.67. The van der Waals surface area contributed by atoms with Crippen LogP contribution in [0.2, 0.25) is 0 Å². The fraction of sp³-hybridized carbons (Fsp3) is 0.562. The molecule has 0 amide bonds. The molecule has 0 spiro atoms. The van der Waals surface area contributed by atoms with Gasteiger partial charge in [0.25, 0.3) is 0 Å². The van der Waals surface area contributed by atoms with Gasteiger partial charge in [0.1, 0.15) is 17.1 Å². The molecule has 0 aliphatic heterocycles. The van der Waals surface area contributed by atoms with Crippen LogP contribution in [0.15, 0.2) is 18.2 Å². The van der Waals surface area contributed by atoms with E-state index in [-0.39, 0.29) is 0 Å². The second-order valence-electron chi connectivity index (χ2n) is 6.09. The summed E-state index contributed by atoms with van der Waals surface area (Å²) in [6.07, 6.45) is 5.25. The highest BCUT2D eigenvalue weighted by atomic mass is 35.5. The largest absolute Gasteiger partial charge is 0.494 e. The van der Waals surface area contributed by atoms with Crippen molar-refractivity contribution in [1.82, 2.24) is 9.55 Å². The van der Waals surface area contributed by atoms with Crippen LogP contribution in [0.25, 0.3) is 11.0 Å². The zero-order valence-electron chi connectivity index (χ0n) is 12.2. The Morgan fingerprint density at radius 1 is 1.35 bits per heavy atom. The van der Waals surface area contributed by atoms with Gasteiger partial charge in [-0.3, -0.25) is 0 Å². The van der Waals surface area contributed by atoms with Gasteiger partial charge in [-0.25, -0.2) is 4.98 Å². The van der Waals surface area contributed by atoms with Gasteiger partial charge in [0.2, 0.25) is 0 Å². The summed E-state index contributed by atoms with van der Waals surface area (Å²) in [7, 11) is 1.69. The number of aromatic nitrogens is 2. The Balaban J connectivity index is 2.08. The third-order valence-electron chi connectivity index (χ3n) is 4.51. The van der Waals surface area contributed by atoms with Crippen molar-refractivity contribution in [3.05, 3.63) is 24.0 Å². The van der Waals surface area contributed by atoms with Crippen LogP contribution < -0.4 is 4.74 Å². The first kappa shape index (κ1) is 13.7. The molecular weight excluding hydrogens is 272 g/mol. The molecule has 1 saturated carbocycles. The molecule has 4 heteroatoms. The SMILES string of the molecule is COc1cccc2c1nc(CCl)n2CC1(C)CCCC1. The van der Waals surface area contributed by atoms with Gasteiger partial charge in [-0.2, -0.15) is 0 Å². The molecule has 3 nitrogen and oxygen atoms in total.